The highest BCUT2D eigenvalue weighted by Gasteiger charge is 2.10. The van der Waals surface area contributed by atoms with Crippen LogP contribution in [0.15, 0.2) is 30.6 Å². The largest absolute Gasteiger partial charge is 0.481 e. The van der Waals surface area contributed by atoms with E-state index >= 15 is 0 Å². The Hall–Kier alpha value is -2.34. The summed E-state index contributed by atoms with van der Waals surface area (Å²) in [6, 6.07) is 5.46. The lowest BCUT2D eigenvalue weighted by molar-refractivity contribution is 0.397. The van der Waals surface area contributed by atoms with E-state index in [1.54, 1.807) is 31.6 Å². The Kier molecular flexibility index (Phi) is 3.15. The lowest BCUT2D eigenvalue weighted by Crippen LogP contribution is -2.05. The van der Waals surface area contributed by atoms with Crippen LogP contribution >= 0.6 is 11.6 Å². The van der Waals surface area contributed by atoms with Crippen LogP contribution in [0.4, 0.5) is 5.95 Å². The predicted octanol–water partition coefficient (Wildman–Crippen LogP) is 2.12. The minimum atomic E-state index is 0.394. The molecule has 102 valence electrons. The molecular formula is C13H12ClN5O. The SMILES string of the molecule is COc1ccc(Cn2c(N)nc3cc(Cl)cnc32)cn1. The Labute approximate surface area is 120 Å². The molecule has 0 aliphatic rings. The van der Waals surface area contributed by atoms with Crippen LogP contribution in [0.2, 0.25) is 5.02 Å². The molecular weight excluding hydrogens is 278 g/mol. The Balaban J connectivity index is 1.99. The number of imidazole rings is 1. The van der Waals surface area contributed by atoms with Crippen molar-refractivity contribution in [2.45, 2.75) is 6.54 Å². The van der Waals surface area contributed by atoms with Gasteiger partial charge in [-0.15, -0.1) is 0 Å². The summed E-state index contributed by atoms with van der Waals surface area (Å²) < 4.78 is 6.84. The van der Waals surface area contributed by atoms with Crippen LogP contribution in [0.3, 0.4) is 0 Å². The number of rotatable bonds is 3. The van der Waals surface area contributed by atoms with Gasteiger partial charge in [0.1, 0.15) is 5.52 Å². The van der Waals surface area contributed by atoms with Crippen LogP contribution in [0, 0.1) is 0 Å². The maximum absolute atomic E-state index is 5.93. The average Bonchev–Trinajstić information content (AvgIpc) is 2.75. The molecule has 0 radical (unpaired) electrons. The number of nitrogens with zero attached hydrogens (tertiary/aromatic N) is 4. The summed E-state index contributed by atoms with van der Waals surface area (Å²) in [7, 11) is 1.58. The molecule has 0 aliphatic heterocycles. The van der Waals surface area contributed by atoms with Crippen molar-refractivity contribution in [2.24, 2.45) is 0 Å². The van der Waals surface area contributed by atoms with Gasteiger partial charge in [0.25, 0.3) is 0 Å². The molecule has 6 nitrogen and oxygen atoms in total. The number of fused-ring (bicyclic) bond motifs is 1. The van der Waals surface area contributed by atoms with Crippen molar-refractivity contribution < 1.29 is 4.74 Å². The first-order valence-corrected chi connectivity index (χ1v) is 6.31. The molecule has 3 rings (SSSR count). The highest BCUT2D eigenvalue weighted by Crippen LogP contribution is 2.20. The molecule has 0 unspecified atom stereocenters. The monoisotopic (exact) mass is 289 g/mol. The van der Waals surface area contributed by atoms with Gasteiger partial charge in [0.15, 0.2) is 5.65 Å². The quantitative estimate of drug-likeness (QED) is 0.799. The third-order valence-electron chi connectivity index (χ3n) is 2.93. The van der Waals surface area contributed by atoms with Crippen LogP contribution in [-0.4, -0.2) is 26.6 Å². The van der Waals surface area contributed by atoms with Gasteiger partial charge in [0.05, 0.1) is 18.7 Å². The number of ether oxygens (including phenoxy) is 1. The number of anilines is 1. The molecule has 0 saturated heterocycles. The molecule has 7 heteroatoms. The zero-order chi connectivity index (χ0) is 14.1. The minimum Gasteiger partial charge on any atom is -0.481 e. The van der Waals surface area contributed by atoms with Gasteiger partial charge in [0, 0.05) is 18.5 Å². The van der Waals surface area contributed by atoms with Crippen molar-refractivity contribution in [2.75, 3.05) is 12.8 Å². The smallest absolute Gasteiger partial charge is 0.212 e. The first kappa shape index (κ1) is 12.7. The fourth-order valence-corrected chi connectivity index (χ4v) is 2.12. The van der Waals surface area contributed by atoms with E-state index in [1.807, 2.05) is 10.6 Å². The topological polar surface area (TPSA) is 78.9 Å². The summed E-state index contributed by atoms with van der Waals surface area (Å²) in [6.07, 6.45) is 3.31. The van der Waals surface area contributed by atoms with Crippen LogP contribution in [0.1, 0.15) is 5.56 Å². The van der Waals surface area contributed by atoms with E-state index in [1.165, 1.54) is 0 Å². The minimum absolute atomic E-state index is 0.394. The van der Waals surface area contributed by atoms with E-state index in [4.69, 9.17) is 22.1 Å². The van der Waals surface area contributed by atoms with Crippen LogP contribution in [0.5, 0.6) is 5.88 Å². The summed E-state index contributed by atoms with van der Waals surface area (Å²) in [5, 5.41) is 0.535. The lowest BCUT2D eigenvalue weighted by Gasteiger charge is -2.06. The number of methoxy groups -OCH3 is 1. The van der Waals surface area contributed by atoms with Gasteiger partial charge in [0.2, 0.25) is 11.8 Å². The van der Waals surface area contributed by atoms with Gasteiger partial charge in [-0.2, -0.15) is 0 Å². The van der Waals surface area contributed by atoms with Gasteiger partial charge in [-0.25, -0.2) is 15.0 Å². The van der Waals surface area contributed by atoms with Crippen molar-refractivity contribution in [3.63, 3.8) is 0 Å². The van der Waals surface area contributed by atoms with Gasteiger partial charge in [-0.3, -0.25) is 4.57 Å². The van der Waals surface area contributed by atoms with Crippen molar-refractivity contribution in [1.82, 2.24) is 19.5 Å². The van der Waals surface area contributed by atoms with Crippen molar-refractivity contribution in [3.05, 3.63) is 41.2 Å². The number of nitrogen functional groups attached to an aromatic ring is 1. The van der Waals surface area contributed by atoms with E-state index in [-0.39, 0.29) is 0 Å². The summed E-state index contributed by atoms with van der Waals surface area (Å²) in [5.41, 5.74) is 8.29. The van der Waals surface area contributed by atoms with E-state index in [2.05, 4.69) is 15.0 Å². The van der Waals surface area contributed by atoms with Gasteiger partial charge >= 0.3 is 0 Å². The highest BCUT2D eigenvalue weighted by atomic mass is 35.5. The summed E-state index contributed by atoms with van der Waals surface area (Å²) in [4.78, 5) is 12.7. The summed E-state index contributed by atoms with van der Waals surface area (Å²) >= 11 is 5.90. The number of hydrogen-bond donors (Lipinski definition) is 1. The predicted molar refractivity (Wildman–Crippen MR) is 76.8 cm³/mol. The summed E-state index contributed by atoms with van der Waals surface area (Å²) in [6.45, 7) is 0.536. The number of halogens is 1. The standard InChI is InChI=1S/C13H12ClN5O/c1-20-11-3-2-8(5-16-11)7-19-12-10(18-13(19)15)4-9(14)6-17-12/h2-6H,7H2,1H3,(H2,15,18). The maximum atomic E-state index is 5.93. The fraction of sp³-hybridized carbons (Fsp3) is 0.154. The average molecular weight is 290 g/mol. The first-order chi connectivity index (χ1) is 9.67. The Morgan fingerprint density at radius 1 is 1.30 bits per heavy atom. The Morgan fingerprint density at radius 3 is 2.85 bits per heavy atom. The van der Waals surface area contributed by atoms with Gasteiger partial charge in [-0.1, -0.05) is 17.7 Å². The van der Waals surface area contributed by atoms with Crippen molar-refractivity contribution in [3.8, 4) is 5.88 Å². The molecule has 0 atom stereocenters. The van der Waals surface area contributed by atoms with E-state index in [0.717, 1.165) is 5.56 Å². The zero-order valence-corrected chi connectivity index (χ0v) is 11.5. The maximum Gasteiger partial charge on any atom is 0.212 e. The second kappa shape index (κ2) is 4.97. The molecule has 0 spiro atoms. The molecule has 3 aromatic rings. The Morgan fingerprint density at radius 2 is 2.15 bits per heavy atom. The van der Waals surface area contributed by atoms with Crippen LogP contribution < -0.4 is 10.5 Å². The molecule has 0 bridgehead atoms. The van der Waals surface area contributed by atoms with Crippen molar-refractivity contribution in [1.29, 1.82) is 0 Å². The molecule has 0 fully saturated rings. The third-order valence-corrected chi connectivity index (χ3v) is 3.14. The number of aromatic nitrogens is 4. The lowest BCUT2D eigenvalue weighted by atomic mass is 10.3. The molecule has 20 heavy (non-hydrogen) atoms. The second-order valence-corrected chi connectivity index (χ2v) is 4.70. The number of hydrogen-bond acceptors (Lipinski definition) is 5. The zero-order valence-electron chi connectivity index (χ0n) is 10.7. The van der Waals surface area contributed by atoms with E-state index in [9.17, 15) is 0 Å². The Bertz CT molecular complexity index is 753. The second-order valence-electron chi connectivity index (χ2n) is 4.26. The molecule has 3 aromatic heterocycles. The fourth-order valence-electron chi connectivity index (χ4n) is 1.97. The van der Waals surface area contributed by atoms with E-state index < -0.39 is 0 Å². The normalized spacial score (nSPS) is 10.9. The van der Waals surface area contributed by atoms with Crippen LogP contribution in [-0.2, 0) is 6.54 Å². The molecule has 0 aromatic carbocycles. The molecule has 0 saturated carbocycles. The summed E-state index contributed by atoms with van der Waals surface area (Å²) in [5.74, 6) is 0.965. The molecule has 3 heterocycles. The highest BCUT2D eigenvalue weighted by molar-refractivity contribution is 6.31. The van der Waals surface area contributed by atoms with Crippen molar-refractivity contribution >= 4 is 28.7 Å². The van der Waals surface area contributed by atoms with E-state index in [0.29, 0.717) is 34.6 Å². The number of nitrogens with two attached hydrogens (primary N) is 1. The third kappa shape index (κ3) is 2.25. The van der Waals surface area contributed by atoms with Gasteiger partial charge < -0.3 is 10.5 Å². The molecule has 2 N–H and O–H groups in total. The first-order valence-electron chi connectivity index (χ1n) is 5.93. The molecule has 0 amide bonds. The number of pyridine rings is 2. The molecule has 0 aliphatic carbocycles. The van der Waals surface area contributed by atoms with Gasteiger partial charge in [-0.05, 0) is 11.6 Å². The van der Waals surface area contributed by atoms with Crippen LogP contribution in [0.25, 0.3) is 11.2 Å².